The lowest BCUT2D eigenvalue weighted by Crippen LogP contribution is -2.24. The molecule has 4 aromatic rings. The van der Waals surface area contributed by atoms with Crippen LogP contribution < -0.4 is 21.2 Å². The van der Waals surface area contributed by atoms with E-state index in [1.54, 1.807) is 48.5 Å². The molecule has 0 aromatic heterocycles. The van der Waals surface area contributed by atoms with E-state index in [2.05, 4.69) is 68.9 Å². The molecule has 0 atom stereocenters. The van der Waals surface area contributed by atoms with Crippen LogP contribution in [0, 0.1) is 0 Å². The van der Waals surface area contributed by atoms with Crippen LogP contribution in [0.1, 0.15) is 44.7 Å². The molecular formula is C38H28N4O2. The molecule has 0 spiro atoms. The minimum absolute atomic E-state index is 0.0641. The third kappa shape index (κ3) is 5.25. The molecule has 0 saturated carbocycles. The van der Waals surface area contributed by atoms with Crippen LogP contribution in [0.4, 0.5) is 0 Å². The summed E-state index contributed by atoms with van der Waals surface area (Å²) in [6.45, 7) is 0. The maximum Gasteiger partial charge on any atom is 0.194 e. The molecule has 5 aliphatic rings. The van der Waals surface area contributed by atoms with Crippen molar-refractivity contribution in [1.29, 1.82) is 0 Å². The average molecular weight is 573 g/mol. The molecule has 0 bridgehead atoms. The monoisotopic (exact) mass is 572 g/mol. The summed E-state index contributed by atoms with van der Waals surface area (Å²) in [5.41, 5.74) is 4.50. The number of nitrogens with zero attached hydrogens (tertiary/aromatic N) is 4. The first-order valence-corrected chi connectivity index (χ1v) is 14.5. The van der Waals surface area contributed by atoms with Crippen LogP contribution in [-0.4, -0.2) is 21.4 Å². The SMILES string of the molecule is C1=CN2C=c3ccccc3=NC=C2C1.C1=CN2C=c3ccccc3=NC=C2C1.O=C1c2ccccc2C(=O)c2ccccc21. The number of ketones is 2. The molecule has 0 N–H and O–H groups in total. The molecule has 6 heteroatoms. The van der Waals surface area contributed by atoms with Crippen molar-refractivity contribution < 1.29 is 9.59 Å². The molecule has 4 aromatic carbocycles. The fourth-order valence-electron chi connectivity index (χ4n) is 5.53. The van der Waals surface area contributed by atoms with Crippen molar-refractivity contribution >= 4 is 24.0 Å². The summed E-state index contributed by atoms with van der Waals surface area (Å²) in [5, 5.41) is 4.43. The van der Waals surface area contributed by atoms with E-state index >= 15 is 0 Å². The molecule has 0 saturated heterocycles. The number of benzene rings is 4. The lowest BCUT2D eigenvalue weighted by molar-refractivity contribution is 0.0979. The summed E-state index contributed by atoms with van der Waals surface area (Å²) in [6.07, 6.45) is 18.6. The van der Waals surface area contributed by atoms with Crippen LogP contribution in [0.15, 0.2) is 155 Å². The maximum absolute atomic E-state index is 12.1. The zero-order chi connectivity index (χ0) is 29.9. The molecule has 0 unspecified atom stereocenters. The van der Waals surface area contributed by atoms with Gasteiger partial charge < -0.3 is 9.80 Å². The van der Waals surface area contributed by atoms with Gasteiger partial charge in [-0.2, -0.15) is 0 Å². The van der Waals surface area contributed by atoms with Gasteiger partial charge in [-0.25, -0.2) is 0 Å². The normalized spacial score (nSPS) is 15.9. The Morgan fingerprint density at radius 3 is 1.25 bits per heavy atom. The van der Waals surface area contributed by atoms with Gasteiger partial charge in [0, 0.05) is 94.1 Å². The van der Waals surface area contributed by atoms with Crippen molar-refractivity contribution in [3.8, 4) is 0 Å². The third-order valence-corrected chi connectivity index (χ3v) is 7.82. The molecule has 4 aliphatic heterocycles. The van der Waals surface area contributed by atoms with E-state index in [-0.39, 0.29) is 11.6 Å². The molecule has 212 valence electrons. The van der Waals surface area contributed by atoms with E-state index < -0.39 is 0 Å². The van der Waals surface area contributed by atoms with Crippen LogP contribution in [0.5, 0.6) is 0 Å². The highest BCUT2D eigenvalue weighted by Crippen LogP contribution is 2.26. The highest BCUT2D eigenvalue weighted by atomic mass is 16.1. The smallest absolute Gasteiger partial charge is 0.194 e. The van der Waals surface area contributed by atoms with Crippen LogP contribution >= 0.6 is 0 Å². The Balaban J connectivity index is 0.000000107. The Hall–Kier alpha value is -5.88. The van der Waals surface area contributed by atoms with Gasteiger partial charge in [-0.05, 0) is 12.1 Å². The minimum Gasteiger partial charge on any atom is -0.325 e. The van der Waals surface area contributed by atoms with Crippen molar-refractivity contribution in [1.82, 2.24) is 9.80 Å². The standard InChI is InChI=1S/C14H8O2.2C12H10N2/c15-13-9-5-1-2-6-10(9)14(16)12-8-4-3-7-11(12)13;2*1-2-6-12-10(4-1)9-14-7-3-5-11(14)8-13-12/h1-8H;2*1-4,6-9H,5H2. The molecule has 9 rings (SSSR count). The second-order valence-electron chi connectivity index (χ2n) is 10.6. The van der Waals surface area contributed by atoms with E-state index in [0.29, 0.717) is 22.3 Å². The summed E-state index contributed by atoms with van der Waals surface area (Å²) in [5.74, 6) is -0.128. The fraction of sp³-hybridized carbons (Fsp3) is 0.0526. The zero-order valence-electron chi connectivity index (χ0n) is 23.9. The quantitative estimate of drug-likeness (QED) is 0.270. The number of fused-ring (bicyclic) bond motifs is 6. The van der Waals surface area contributed by atoms with Crippen molar-refractivity contribution in [2.45, 2.75) is 12.8 Å². The topological polar surface area (TPSA) is 65.3 Å². The first-order chi connectivity index (χ1) is 21.7. The van der Waals surface area contributed by atoms with Gasteiger partial charge in [-0.1, -0.05) is 97.1 Å². The Labute approximate surface area is 254 Å². The number of carbonyl (C=O) groups excluding carboxylic acids is 2. The largest absolute Gasteiger partial charge is 0.325 e. The molecule has 6 nitrogen and oxygen atoms in total. The molecule has 0 radical (unpaired) electrons. The molecule has 0 fully saturated rings. The second-order valence-corrected chi connectivity index (χ2v) is 10.6. The fourth-order valence-corrected chi connectivity index (χ4v) is 5.53. The number of rotatable bonds is 0. The summed E-state index contributed by atoms with van der Waals surface area (Å²) in [4.78, 5) is 37.4. The van der Waals surface area contributed by atoms with Gasteiger partial charge in [-0.15, -0.1) is 0 Å². The van der Waals surface area contributed by atoms with Crippen molar-refractivity contribution in [2.24, 2.45) is 9.98 Å². The van der Waals surface area contributed by atoms with E-state index in [1.807, 2.05) is 48.8 Å². The first kappa shape index (κ1) is 27.0. The Morgan fingerprint density at radius 1 is 0.477 bits per heavy atom. The first-order valence-electron chi connectivity index (χ1n) is 14.5. The summed E-state index contributed by atoms with van der Waals surface area (Å²) >= 11 is 0. The highest BCUT2D eigenvalue weighted by Gasteiger charge is 2.28. The van der Waals surface area contributed by atoms with Gasteiger partial charge in [0.05, 0.1) is 10.7 Å². The lowest BCUT2D eigenvalue weighted by Gasteiger charge is -2.16. The van der Waals surface area contributed by atoms with Crippen LogP contribution in [0.2, 0.25) is 0 Å². The molecule has 4 heterocycles. The van der Waals surface area contributed by atoms with Crippen molar-refractivity contribution in [2.75, 3.05) is 0 Å². The Bertz CT molecular complexity index is 1980. The van der Waals surface area contributed by atoms with E-state index in [0.717, 1.165) is 23.6 Å². The van der Waals surface area contributed by atoms with E-state index in [1.165, 1.54) is 21.8 Å². The number of hydrogen-bond acceptors (Lipinski definition) is 6. The minimum atomic E-state index is -0.0641. The van der Waals surface area contributed by atoms with E-state index in [4.69, 9.17) is 0 Å². The van der Waals surface area contributed by atoms with Gasteiger partial charge in [0.2, 0.25) is 0 Å². The second kappa shape index (κ2) is 11.8. The molecular weight excluding hydrogens is 544 g/mol. The Kier molecular flexibility index (Phi) is 7.22. The predicted octanol–water partition coefficient (Wildman–Crippen LogP) is 4.70. The summed E-state index contributed by atoms with van der Waals surface area (Å²) in [7, 11) is 0. The van der Waals surface area contributed by atoms with Crippen LogP contribution in [0.25, 0.3) is 12.4 Å². The molecule has 44 heavy (non-hydrogen) atoms. The van der Waals surface area contributed by atoms with Crippen molar-refractivity contribution in [3.63, 3.8) is 0 Å². The van der Waals surface area contributed by atoms with Gasteiger partial charge >= 0.3 is 0 Å². The van der Waals surface area contributed by atoms with Crippen LogP contribution in [0.3, 0.4) is 0 Å². The van der Waals surface area contributed by atoms with Crippen LogP contribution in [-0.2, 0) is 0 Å². The number of hydrogen-bond donors (Lipinski definition) is 0. The number of carbonyl (C=O) groups is 2. The van der Waals surface area contributed by atoms with Gasteiger partial charge in [-0.3, -0.25) is 19.6 Å². The number of para-hydroxylation sites is 2. The zero-order valence-corrected chi connectivity index (χ0v) is 23.9. The Morgan fingerprint density at radius 2 is 0.841 bits per heavy atom. The lowest BCUT2D eigenvalue weighted by atomic mass is 9.84. The number of allylic oxidation sites excluding steroid dienone is 2. The maximum atomic E-state index is 12.1. The molecule has 0 amide bonds. The average Bonchev–Trinajstić information content (AvgIpc) is 3.63. The molecule has 1 aliphatic carbocycles. The van der Waals surface area contributed by atoms with E-state index in [9.17, 15) is 9.59 Å². The summed E-state index contributed by atoms with van der Waals surface area (Å²) in [6, 6.07) is 30.3. The van der Waals surface area contributed by atoms with Gasteiger partial charge in [0.1, 0.15) is 0 Å². The van der Waals surface area contributed by atoms with Gasteiger partial charge in [0.25, 0.3) is 0 Å². The predicted molar refractivity (Wildman–Crippen MR) is 170 cm³/mol. The third-order valence-electron chi connectivity index (χ3n) is 7.82. The highest BCUT2D eigenvalue weighted by molar-refractivity contribution is 6.28. The summed E-state index contributed by atoms with van der Waals surface area (Å²) < 4.78 is 0. The van der Waals surface area contributed by atoms with Crippen molar-refractivity contribution in [3.05, 3.63) is 189 Å². The van der Waals surface area contributed by atoms with Gasteiger partial charge in [0.15, 0.2) is 11.6 Å².